The van der Waals surface area contributed by atoms with Crippen LogP contribution in [0.2, 0.25) is 5.02 Å². The minimum Gasteiger partial charge on any atom is -0.398 e. The van der Waals surface area contributed by atoms with Crippen molar-refractivity contribution in [3.63, 3.8) is 0 Å². The molecule has 1 aromatic rings. The van der Waals surface area contributed by atoms with E-state index in [2.05, 4.69) is 18.7 Å². The Bertz CT molecular complexity index is 406. The van der Waals surface area contributed by atoms with Crippen molar-refractivity contribution in [2.45, 2.75) is 26.0 Å². The molecule has 94 valence electrons. The quantitative estimate of drug-likeness (QED) is 0.825. The van der Waals surface area contributed by atoms with Crippen LogP contribution < -0.4 is 5.73 Å². The van der Waals surface area contributed by atoms with Gasteiger partial charge in [0.1, 0.15) is 0 Å². The molecule has 0 atom stereocenters. The van der Waals surface area contributed by atoms with E-state index in [0.717, 1.165) is 26.2 Å². The van der Waals surface area contributed by atoms with Gasteiger partial charge in [0.25, 0.3) is 0 Å². The van der Waals surface area contributed by atoms with Gasteiger partial charge >= 0.3 is 0 Å². The molecule has 0 bridgehead atoms. The molecule has 1 aliphatic heterocycles. The second-order valence-corrected chi connectivity index (χ2v) is 5.58. The largest absolute Gasteiger partial charge is 0.398 e. The average Bonchev–Trinajstić information content (AvgIpc) is 2.22. The highest BCUT2D eigenvalue weighted by molar-refractivity contribution is 6.33. The van der Waals surface area contributed by atoms with Crippen LogP contribution in [0.15, 0.2) is 18.2 Å². The molecule has 4 heteroatoms. The number of nitrogens with zero attached hydrogens (tertiary/aromatic N) is 1. The average molecular weight is 255 g/mol. The molecule has 0 radical (unpaired) electrons. The maximum absolute atomic E-state index is 6.02. The molecule has 1 fully saturated rings. The van der Waals surface area contributed by atoms with Gasteiger partial charge in [0.05, 0.1) is 22.9 Å². The lowest BCUT2D eigenvalue weighted by atomic mass is 10.1. The minimum atomic E-state index is -0.0597. The minimum absolute atomic E-state index is 0.0597. The van der Waals surface area contributed by atoms with Crippen LogP contribution in [-0.4, -0.2) is 30.2 Å². The van der Waals surface area contributed by atoms with Gasteiger partial charge in [0.15, 0.2) is 0 Å². The molecule has 17 heavy (non-hydrogen) atoms. The number of hydrogen-bond donors (Lipinski definition) is 1. The van der Waals surface area contributed by atoms with Crippen molar-refractivity contribution in [3.05, 3.63) is 28.8 Å². The maximum atomic E-state index is 6.02. The van der Waals surface area contributed by atoms with Crippen LogP contribution >= 0.6 is 11.6 Å². The fourth-order valence-electron chi connectivity index (χ4n) is 2.18. The summed E-state index contributed by atoms with van der Waals surface area (Å²) in [4.78, 5) is 2.38. The number of benzene rings is 1. The third-order valence-corrected chi connectivity index (χ3v) is 3.30. The first-order valence-electron chi connectivity index (χ1n) is 5.86. The molecule has 0 aromatic heterocycles. The van der Waals surface area contributed by atoms with Crippen molar-refractivity contribution in [2.24, 2.45) is 0 Å². The van der Waals surface area contributed by atoms with Gasteiger partial charge < -0.3 is 10.5 Å². The van der Waals surface area contributed by atoms with Crippen LogP contribution in [0.3, 0.4) is 0 Å². The van der Waals surface area contributed by atoms with Crippen molar-refractivity contribution >= 4 is 17.3 Å². The summed E-state index contributed by atoms with van der Waals surface area (Å²) >= 11 is 6.02. The van der Waals surface area contributed by atoms with E-state index in [9.17, 15) is 0 Å². The standard InChI is InChI=1S/C13H19ClN2O/c1-13(2)9-16(5-6-17-13)8-10-3-4-12(15)11(14)7-10/h3-4,7H,5-6,8-9,15H2,1-2H3. The molecular weight excluding hydrogens is 236 g/mol. The first-order valence-corrected chi connectivity index (χ1v) is 6.24. The molecule has 0 amide bonds. The lowest BCUT2D eigenvalue weighted by Gasteiger charge is -2.38. The van der Waals surface area contributed by atoms with Gasteiger partial charge in [-0.3, -0.25) is 4.90 Å². The smallest absolute Gasteiger partial charge is 0.0753 e. The molecule has 1 heterocycles. The maximum Gasteiger partial charge on any atom is 0.0753 e. The van der Waals surface area contributed by atoms with E-state index in [1.54, 1.807) is 0 Å². The van der Waals surface area contributed by atoms with Crippen molar-refractivity contribution in [1.29, 1.82) is 0 Å². The van der Waals surface area contributed by atoms with Crippen LogP contribution in [0, 0.1) is 0 Å². The van der Waals surface area contributed by atoms with Crippen LogP contribution in [0.1, 0.15) is 19.4 Å². The topological polar surface area (TPSA) is 38.5 Å². The number of anilines is 1. The lowest BCUT2D eigenvalue weighted by Crippen LogP contribution is -2.47. The van der Waals surface area contributed by atoms with Gasteiger partial charge in [-0.15, -0.1) is 0 Å². The first kappa shape index (κ1) is 12.7. The van der Waals surface area contributed by atoms with Crippen molar-refractivity contribution in [2.75, 3.05) is 25.4 Å². The Morgan fingerprint density at radius 1 is 1.47 bits per heavy atom. The predicted molar refractivity (Wildman–Crippen MR) is 71.2 cm³/mol. The molecule has 0 aliphatic carbocycles. The normalized spacial score (nSPS) is 20.4. The monoisotopic (exact) mass is 254 g/mol. The van der Waals surface area contributed by atoms with Gasteiger partial charge in [-0.2, -0.15) is 0 Å². The zero-order chi connectivity index (χ0) is 12.5. The van der Waals surface area contributed by atoms with Crippen molar-refractivity contribution < 1.29 is 4.74 Å². The van der Waals surface area contributed by atoms with Crippen LogP contribution in [-0.2, 0) is 11.3 Å². The number of morpholine rings is 1. The first-order chi connectivity index (χ1) is 7.96. The van der Waals surface area contributed by atoms with E-state index < -0.39 is 0 Å². The molecule has 2 N–H and O–H groups in total. The molecular formula is C13H19ClN2O. The molecule has 3 nitrogen and oxygen atoms in total. The van der Waals surface area contributed by atoms with E-state index in [4.69, 9.17) is 22.1 Å². The number of nitrogens with two attached hydrogens (primary N) is 1. The number of halogens is 1. The van der Waals surface area contributed by atoms with E-state index in [1.807, 2.05) is 18.2 Å². The summed E-state index contributed by atoms with van der Waals surface area (Å²) in [6.07, 6.45) is 0. The molecule has 0 saturated carbocycles. The molecule has 1 aromatic carbocycles. The SMILES string of the molecule is CC1(C)CN(Cc2ccc(N)c(Cl)c2)CCO1. The zero-order valence-electron chi connectivity index (χ0n) is 10.4. The summed E-state index contributed by atoms with van der Waals surface area (Å²) in [5.41, 5.74) is 7.47. The van der Waals surface area contributed by atoms with Crippen molar-refractivity contribution in [3.8, 4) is 0 Å². The fraction of sp³-hybridized carbons (Fsp3) is 0.538. The van der Waals surface area contributed by atoms with E-state index in [-0.39, 0.29) is 5.60 Å². The summed E-state index contributed by atoms with van der Waals surface area (Å²) in [5, 5.41) is 0.634. The van der Waals surface area contributed by atoms with Crippen LogP contribution in [0.4, 0.5) is 5.69 Å². The van der Waals surface area contributed by atoms with Gasteiger partial charge in [-0.25, -0.2) is 0 Å². The molecule has 0 unspecified atom stereocenters. The molecule has 0 spiro atoms. The van der Waals surface area contributed by atoms with Crippen LogP contribution in [0.25, 0.3) is 0 Å². The number of nitrogen functional groups attached to an aromatic ring is 1. The summed E-state index contributed by atoms with van der Waals surface area (Å²) in [7, 11) is 0. The predicted octanol–water partition coefficient (Wildman–Crippen LogP) is 2.53. The highest BCUT2D eigenvalue weighted by Crippen LogP contribution is 2.22. The van der Waals surface area contributed by atoms with E-state index >= 15 is 0 Å². The second-order valence-electron chi connectivity index (χ2n) is 5.17. The summed E-state index contributed by atoms with van der Waals surface area (Å²) in [5.74, 6) is 0. The van der Waals surface area contributed by atoms with Gasteiger partial charge in [0.2, 0.25) is 0 Å². The molecule has 2 rings (SSSR count). The van der Waals surface area contributed by atoms with E-state index in [1.165, 1.54) is 5.56 Å². The number of hydrogen-bond acceptors (Lipinski definition) is 3. The molecule has 1 aliphatic rings. The number of rotatable bonds is 2. The Hall–Kier alpha value is -0.770. The Morgan fingerprint density at radius 2 is 2.24 bits per heavy atom. The Kier molecular flexibility index (Phi) is 3.61. The van der Waals surface area contributed by atoms with E-state index in [0.29, 0.717) is 10.7 Å². The summed E-state index contributed by atoms with van der Waals surface area (Å²) < 4.78 is 5.69. The molecule has 1 saturated heterocycles. The zero-order valence-corrected chi connectivity index (χ0v) is 11.1. The van der Waals surface area contributed by atoms with Crippen LogP contribution in [0.5, 0.6) is 0 Å². The summed E-state index contributed by atoms with van der Waals surface area (Å²) in [6.45, 7) is 7.83. The highest BCUT2D eigenvalue weighted by Gasteiger charge is 2.26. The van der Waals surface area contributed by atoms with Gasteiger partial charge in [-0.05, 0) is 31.5 Å². The highest BCUT2D eigenvalue weighted by atomic mass is 35.5. The third kappa shape index (κ3) is 3.35. The second kappa shape index (κ2) is 4.84. The van der Waals surface area contributed by atoms with Crippen molar-refractivity contribution in [1.82, 2.24) is 4.90 Å². The van der Waals surface area contributed by atoms with Gasteiger partial charge in [-0.1, -0.05) is 17.7 Å². The number of ether oxygens (including phenoxy) is 1. The third-order valence-electron chi connectivity index (χ3n) is 2.98. The van der Waals surface area contributed by atoms with Gasteiger partial charge in [0, 0.05) is 19.6 Å². The Morgan fingerprint density at radius 3 is 2.88 bits per heavy atom. The Labute approximate surface area is 107 Å². The summed E-state index contributed by atoms with van der Waals surface area (Å²) in [6, 6.07) is 5.84. The lowest BCUT2D eigenvalue weighted by molar-refractivity contribution is -0.0882. The Balaban J connectivity index is 2.03. The fourth-order valence-corrected chi connectivity index (χ4v) is 2.38.